The van der Waals surface area contributed by atoms with Gasteiger partial charge in [-0.15, -0.1) is 0 Å². The highest BCUT2D eigenvalue weighted by molar-refractivity contribution is 5.82. The number of urea groups is 1. The third-order valence-electron chi connectivity index (χ3n) is 3.95. The van der Waals surface area contributed by atoms with Gasteiger partial charge in [-0.25, -0.2) is 9.59 Å². The summed E-state index contributed by atoms with van der Waals surface area (Å²) in [6, 6.07) is 8.18. The molecule has 1 fully saturated rings. The molecule has 1 saturated heterocycles. The number of nitrogens with one attached hydrogen (secondary N) is 1. The van der Waals surface area contributed by atoms with E-state index < -0.39 is 12.0 Å². The number of hydrogen-bond acceptors (Lipinski definition) is 2. The minimum Gasteiger partial charge on any atom is -0.480 e. The molecule has 0 radical (unpaired) electrons. The third kappa shape index (κ3) is 4.48. The lowest BCUT2D eigenvalue weighted by atomic mass is 9.99. The van der Waals surface area contributed by atoms with Crippen LogP contribution in [-0.2, 0) is 11.2 Å². The Kier molecular flexibility index (Phi) is 5.20. The summed E-state index contributed by atoms with van der Waals surface area (Å²) in [5.41, 5.74) is 0.900. The standard InChI is InChI=1S/C16H22N2O3/c1-12-7-9-18(10-8-12)16(21)17-14(15(19)20)11-13-5-3-2-4-6-13/h2-6,12,14H,7-11H2,1H3,(H,17,21)(H,19,20)/t14-/m0/s1. The van der Waals surface area contributed by atoms with Crippen molar-refractivity contribution in [3.05, 3.63) is 35.9 Å². The summed E-state index contributed by atoms with van der Waals surface area (Å²) in [6.07, 6.45) is 2.25. The first-order valence-electron chi connectivity index (χ1n) is 7.38. The molecule has 0 aromatic heterocycles. The summed E-state index contributed by atoms with van der Waals surface area (Å²) in [7, 11) is 0. The van der Waals surface area contributed by atoms with Crippen molar-refractivity contribution in [2.45, 2.75) is 32.2 Å². The van der Waals surface area contributed by atoms with E-state index in [4.69, 9.17) is 0 Å². The van der Waals surface area contributed by atoms with Gasteiger partial charge in [0.15, 0.2) is 0 Å². The maximum absolute atomic E-state index is 12.2. The molecule has 1 atom stereocenters. The average molecular weight is 290 g/mol. The molecule has 114 valence electrons. The number of carboxylic acid groups (broad SMARTS) is 1. The lowest BCUT2D eigenvalue weighted by Gasteiger charge is -2.31. The maximum atomic E-state index is 12.2. The molecule has 2 N–H and O–H groups in total. The lowest BCUT2D eigenvalue weighted by molar-refractivity contribution is -0.139. The van der Waals surface area contributed by atoms with Gasteiger partial charge < -0.3 is 15.3 Å². The normalized spacial score (nSPS) is 17.3. The number of likely N-dealkylation sites (tertiary alicyclic amines) is 1. The summed E-state index contributed by atoms with van der Waals surface area (Å²) in [5, 5.41) is 11.9. The Hall–Kier alpha value is -2.04. The molecule has 0 aliphatic carbocycles. The van der Waals surface area contributed by atoms with Gasteiger partial charge in [0.2, 0.25) is 0 Å². The highest BCUT2D eigenvalue weighted by Crippen LogP contribution is 2.16. The Morgan fingerprint density at radius 2 is 1.90 bits per heavy atom. The van der Waals surface area contributed by atoms with Crippen molar-refractivity contribution < 1.29 is 14.7 Å². The van der Waals surface area contributed by atoms with Crippen molar-refractivity contribution in [1.29, 1.82) is 0 Å². The highest BCUT2D eigenvalue weighted by Gasteiger charge is 2.25. The number of benzene rings is 1. The second-order valence-electron chi connectivity index (χ2n) is 5.70. The second kappa shape index (κ2) is 7.11. The number of carbonyl (C=O) groups is 2. The van der Waals surface area contributed by atoms with Crippen LogP contribution in [-0.4, -0.2) is 41.1 Å². The molecule has 1 aliphatic rings. The molecule has 0 unspecified atom stereocenters. The number of rotatable bonds is 4. The molecule has 5 heteroatoms. The molecule has 2 amide bonds. The maximum Gasteiger partial charge on any atom is 0.326 e. The van der Waals surface area contributed by atoms with Crippen molar-refractivity contribution in [3.8, 4) is 0 Å². The molecule has 0 bridgehead atoms. The Morgan fingerprint density at radius 1 is 1.29 bits per heavy atom. The van der Waals surface area contributed by atoms with Crippen molar-refractivity contribution in [2.75, 3.05) is 13.1 Å². The summed E-state index contributed by atoms with van der Waals surface area (Å²) >= 11 is 0. The molecule has 1 aliphatic heterocycles. The Morgan fingerprint density at radius 3 is 2.48 bits per heavy atom. The number of hydrogen-bond donors (Lipinski definition) is 2. The van der Waals surface area contributed by atoms with E-state index in [1.54, 1.807) is 4.90 Å². The molecular formula is C16H22N2O3. The number of carbonyl (C=O) groups excluding carboxylic acids is 1. The first-order chi connectivity index (χ1) is 10.1. The van der Waals surface area contributed by atoms with E-state index in [9.17, 15) is 14.7 Å². The predicted octanol–water partition coefficient (Wildman–Crippen LogP) is 2.12. The zero-order valence-corrected chi connectivity index (χ0v) is 12.3. The van der Waals surface area contributed by atoms with Crippen molar-refractivity contribution in [2.24, 2.45) is 5.92 Å². The highest BCUT2D eigenvalue weighted by atomic mass is 16.4. The fourth-order valence-corrected chi connectivity index (χ4v) is 2.50. The van der Waals surface area contributed by atoms with Gasteiger partial charge in [-0.05, 0) is 24.3 Å². The number of amides is 2. The monoisotopic (exact) mass is 290 g/mol. The van der Waals surface area contributed by atoms with Crippen LogP contribution in [0.4, 0.5) is 4.79 Å². The molecule has 2 rings (SSSR count). The van der Waals surface area contributed by atoms with Crippen molar-refractivity contribution >= 4 is 12.0 Å². The average Bonchev–Trinajstić information content (AvgIpc) is 2.48. The van der Waals surface area contributed by atoms with E-state index in [1.165, 1.54) is 0 Å². The van der Waals surface area contributed by atoms with Crippen LogP contribution >= 0.6 is 0 Å². The Balaban J connectivity index is 1.93. The molecule has 0 spiro atoms. The van der Waals surface area contributed by atoms with Gasteiger partial charge in [-0.3, -0.25) is 0 Å². The first kappa shape index (κ1) is 15.4. The number of aliphatic carboxylic acids is 1. The van der Waals surface area contributed by atoms with E-state index in [1.807, 2.05) is 30.3 Å². The smallest absolute Gasteiger partial charge is 0.326 e. The van der Waals surface area contributed by atoms with Crippen LogP contribution in [0.3, 0.4) is 0 Å². The molecule has 0 saturated carbocycles. The van der Waals surface area contributed by atoms with Crippen LogP contribution in [0.2, 0.25) is 0 Å². The van der Waals surface area contributed by atoms with Gasteiger partial charge in [-0.1, -0.05) is 37.3 Å². The van der Waals surface area contributed by atoms with Crippen LogP contribution in [0.15, 0.2) is 30.3 Å². The van der Waals surface area contributed by atoms with Gasteiger partial charge >= 0.3 is 12.0 Å². The van der Waals surface area contributed by atoms with Gasteiger partial charge in [0, 0.05) is 19.5 Å². The van der Waals surface area contributed by atoms with E-state index in [0.29, 0.717) is 25.4 Å². The summed E-state index contributed by atoms with van der Waals surface area (Å²) in [6.45, 7) is 3.57. The summed E-state index contributed by atoms with van der Waals surface area (Å²) in [5.74, 6) is -0.369. The van der Waals surface area contributed by atoms with Crippen molar-refractivity contribution in [1.82, 2.24) is 10.2 Å². The largest absolute Gasteiger partial charge is 0.480 e. The molecule has 1 heterocycles. The van der Waals surface area contributed by atoms with Gasteiger partial charge in [0.1, 0.15) is 6.04 Å². The van der Waals surface area contributed by atoms with Crippen LogP contribution < -0.4 is 5.32 Å². The first-order valence-corrected chi connectivity index (χ1v) is 7.38. The number of piperidine rings is 1. The fourth-order valence-electron chi connectivity index (χ4n) is 2.50. The van der Waals surface area contributed by atoms with E-state index >= 15 is 0 Å². The van der Waals surface area contributed by atoms with Crippen LogP contribution in [0.5, 0.6) is 0 Å². The SMILES string of the molecule is CC1CCN(C(=O)N[C@@H](Cc2ccccc2)C(=O)O)CC1. The summed E-state index contributed by atoms with van der Waals surface area (Å²) < 4.78 is 0. The van der Waals surface area contributed by atoms with Gasteiger partial charge in [0.25, 0.3) is 0 Å². The van der Waals surface area contributed by atoms with E-state index in [2.05, 4.69) is 12.2 Å². The van der Waals surface area contributed by atoms with E-state index in [0.717, 1.165) is 18.4 Å². The second-order valence-corrected chi connectivity index (χ2v) is 5.70. The van der Waals surface area contributed by atoms with Crippen LogP contribution in [0.25, 0.3) is 0 Å². The van der Waals surface area contributed by atoms with Crippen LogP contribution in [0, 0.1) is 5.92 Å². The molecule has 1 aromatic carbocycles. The van der Waals surface area contributed by atoms with Crippen LogP contribution in [0.1, 0.15) is 25.3 Å². The molecule has 5 nitrogen and oxygen atoms in total. The minimum atomic E-state index is -1.00. The molecule has 1 aromatic rings. The van der Waals surface area contributed by atoms with Gasteiger partial charge in [0.05, 0.1) is 0 Å². The summed E-state index contributed by atoms with van der Waals surface area (Å²) in [4.78, 5) is 25.2. The third-order valence-corrected chi connectivity index (χ3v) is 3.95. The quantitative estimate of drug-likeness (QED) is 0.892. The van der Waals surface area contributed by atoms with Gasteiger partial charge in [-0.2, -0.15) is 0 Å². The number of nitrogens with zero attached hydrogens (tertiary/aromatic N) is 1. The Labute approximate surface area is 125 Å². The minimum absolute atomic E-state index is 0.273. The zero-order valence-electron chi connectivity index (χ0n) is 12.3. The number of carboxylic acids is 1. The predicted molar refractivity (Wildman–Crippen MR) is 80.1 cm³/mol. The topological polar surface area (TPSA) is 69.6 Å². The lowest BCUT2D eigenvalue weighted by Crippen LogP contribution is -2.50. The Bertz CT molecular complexity index is 482. The van der Waals surface area contributed by atoms with Crippen molar-refractivity contribution in [3.63, 3.8) is 0 Å². The zero-order chi connectivity index (χ0) is 15.2. The molecule has 21 heavy (non-hydrogen) atoms. The fraction of sp³-hybridized carbons (Fsp3) is 0.500. The van der Waals surface area contributed by atoms with E-state index in [-0.39, 0.29) is 6.03 Å². The molecular weight excluding hydrogens is 268 g/mol.